The van der Waals surface area contributed by atoms with Crippen molar-refractivity contribution < 1.29 is 18.7 Å². The maximum Gasteiger partial charge on any atom is 0.282 e. The first-order valence-corrected chi connectivity index (χ1v) is 12.7. The number of rotatable bonds is 8. The molecule has 1 N–H and O–H groups in total. The molecular formula is C27H23BrClFN4O4. The number of nitrogens with one attached hydrogen (secondary N) is 1. The van der Waals surface area contributed by atoms with Crippen LogP contribution in [-0.2, 0) is 4.79 Å². The Balaban J connectivity index is 1.70. The number of aromatic nitrogens is 2. The summed E-state index contributed by atoms with van der Waals surface area (Å²) in [6.07, 6.45) is 1.39. The summed E-state index contributed by atoms with van der Waals surface area (Å²) >= 11 is 9.66. The number of halogens is 3. The Bertz CT molecular complexity index is 1610. The van der Waals surface area contributed by atoms with E-state index in [2.05, 4.69) is 31.3 Å². The number of fused-ring (bicyclic) bond motifs is 1. The first kappa shape index (κ1) is 27.3. The lowest BCUT2D eigenvalue weighted by Crippen LogP contribution is -2.23. The van der Waals surface area contributed by atoms with Gasteiger partial charge in [0.15, 0.2) is 18.1 Å². The van der Waals surface area contributed by atoms with Crippen LogP contribution in [-0.4, -0.2) is 35.5 Å². The number of hydrogen-bond acceptors (Lipinski definition) is 6. The predicted octanol–water partition coefficient (Wildman–Crippen LogP) is 5.98. The lowest BCUT2D eigenvalue weighted by molar-refractivity contribution is -0.118. The zero-order valence-corrected chi connectivity index (χ0v) is 23.0. The molecule has 0 bridgehead atoms. The van der Waals surface area contributed by atoms with E-state index in [4.69, 9.17) is 21.1 Å². The van der Waals surface area contributed by atoms with Crippen LogP contribution in [0.2, 0.25) is 5.02 Å². The highest BCUT2D eigenvalue weighted by atomic mass is 79.9. The van der Waals surface area contributed by atoms with Gasteiger partial charge in [0.25, 0.3) is 11.5 Å². The molecule has 3 aromatic carbocycles. The molecule has 196 valence electrons. The van der Waals surface area contributed by atoms with Crippen LogP contribution in [0.4, 0.5) is 10.1 Å². The quantitative estimate of drug-likeness (QED) is 0.251. The molecule has 8 nitrogen and oxygen atoms in total. The zero-order valence-electron chi connectivity index (χ0n) is 20.7. The van der Waals surface area contributed by atoms with Crippen molar-refractivity contribution in [1.29, 1.82) is 0 Å². The normalized spacial score (nSPS) is 11.3. The number of carbonyl (C=O) groups excluding carboxylic acids is 1. The molecule has 0 aliphatic carbocycles. The Morgan fingerprint density at radius 2 is 2.00 bits per heavy atom. The highest BCUT2D eigenvalue weighted by molar-refractivity contribution is 9.10. The van der Waals surface area contributed by atoms with Crippen molar-refractivity contribution in [3.05, 3.63) is 91.7 Å². The van der Waals surface area contributed by atoms with Gasteiger partial charge in [-0.3, -0.25) is 9.59 Å². The Kier molecular flexibility index (Phi) is 8.43. The second-order valence-corrected chi connectivity index (χ2v) is 9.84. The van der Waals surface area contributed by atoms with Crippen LogP contribution >= 0.6 is 27.5 Å². The van der Waals surface area contributed by atoms with Crippen LogP contribution in [0.25, 0.3) is 10.9 Å². The van der Waals surface area contributed by atoms with Crippen LogP contribution in [0.15, 0.2) is 69.0 Å². The minimum Gasteiger partial charge on any atom is -0.493 e. The Hall–Kier alpha value is -3.76. The summed E-state index contributed by atoms with van der Waals surface area (Å²) < 4.78 is 27.0. The van der Waals surface area contributed by atoms with Gasteiger partial charge < -0.3 is 14.8 Å². The van der Waals surface area contributed by atoms with Crippen LogP contribution < -0.4 is 20.3 Å². The van der Waals surface area contributed by atoms with Gasteiger partial charge in [0.2, 0.25) is 0 Å². The smallest absolute Gasteiger partial charge is 0.282 e. The fraction of sp³-hybridized carbons (Fsp3) is 0.185. The summed E-state index contributed by atoms with van der Waals surface area (Å²) in [7, 11) is 1.42. The number of carbonyl (C=O) groups is 1. The molecule has 0 saturated heterocycles. The first-order valence-electron chi connectivity index (χ1n) is 11.5. The van der Waals surface area contributed by atoms with Gasteiger partial charge in [-0.15, -0.1) is 0 Å². The minimum atomic E-state index is -0.586. The standard InChI is InChI=1S/C27H23BrClFN4O4/c1-15(2)26-33-21-9-8-17(28)11-19(21)27(36)34(26)31-13-16-10-18(29)12-23(37-3)25(16)38-14-24(35)32-22-7-5-4-6-20(22)30/h4-13,15H,14H2,1-3H3,(H,32,35). The monoisotopic (exact) mass is 600 g/mol. The highest BCUT2D eigenvalue weighted by Gasteiger charge is 2.17. The highest BCUT2D eigenvalue weighted by Crippen LogP contribution is 2.34. The topological polar surface area (TPSA) is 94.8 Å². The van der Waals surface area contributed by atoms with Gasteiger partial charge in [-0.25, -0.2) is 9.37 Å². The summed E-state index contributed by atoms with van der Waals surface area (Å²) in [6.45, 7) is 3.36. The van der Waals surface area contributed by atoms with Gasteiger partial charge in [0.05, 0.1) is 29.9 Å². The number of anilines is 1. The summed E-state index contributed by atoms with van der Waals surface area (Å²) in [5.74, 6) is -0.395. The molecule has 0 unspecified atom stereocenters. The van der Waals surface area contributed by atoms with Gasteiger partial charge in [-0.2, -0.15) is 9.78 Å². The van der Waals surface area contributed by atoms with Gasteiger partial charge in [-0.1, -0.05) is 53.5 Å². The van der Waals surface area contributed by atoms with E-state index in [-0.39, 0.29) is 28.7 Å². The summed E-state index contributed by atoms with van der Waals surface area (Å²) in [4.78, 5) is 30.4. The molecule has 1 heterocycles. The molecule has 0 fully saturated rings. The fourth-order valence-electron chi connectivity index (χ4n) is 3.65. The van der Waals surface area contributed by atoms with E-state index in [9.17, 15) is 14.0 Å². The van der Waals surface area contributed by atoms with Crippen LogP contribution in [0, 0.1) is 5.82 Å². The van der Waals surface area contributed by atoms with E-state index >= 15 is 0 Å². The maximum absolute atomic E-state index is 13.9. The third kappa shape index (κ3) is 6.03. The average molecular weight is 602 g/mol. The van der Waals surface area contributed by atoms with Gasteiger partial charge in [-0.05, 0) is 36.4 Å². The van der Waals surface area contributed by atoms with E-state index in [1.807, 2.05) is 19.9 Å². The molecule has 0 aliphatic rings. The number of ether oxygens (including phenoxy) is 2. The molecule has 4 rings (SSSR count). The molecule has 38 heavy (non-hydrogen) atoms. The van der Waals surface area contributed by atoms with Crippen molar-refractivity contribution in [2.45, 2.75) is 19.8 Å². The number of methoxy groups -OCH3 is 1. The average Bonchev–Trinajstić information content (AvgIpc) is 2.88. The molecule has 11 heteroatoms. The van der Waals surface area contributed by atoms with E-state index in [0.717, 1.165) is 4.47 Å². The fourth-order valence-corrected chi connectivity index (χ4v) is 4.23. The summed E-state index contributed by atoms with van der Waals surface area (Å²) in [5, 5.41) is 7.59. The van der Waals surface area contributed by atoms with E-state index in [1.165, 1.54) is 42.3 Å². The molecule has 0 aliphatic heterocycles. The third-order valence-corrected chi connectivity index (χ3v) is 6.14. The lowest BCUT2D eigenvalue weighted by atomic mass is 10.2. The summed E-state index contributed by atoms with van der Waals surface area (Å²) in [6, 6.07) is 14.1. The number of benzene rings is 3. The van der Waals surface area contributed by atoms with Crippen molar-refractivity contribution in [3.8, 4) is 11.5 Å². The van der Waals surface area contributed by atoms with Crippen LogP contribution in [0.1, 0.15) is 31.2 Å². The zero-order chi connectivity index (χ0) is 27.4. The first-order chi connectivity index (χ1) is 18.2. The summed E-state index contributed by atoms with van der Waals surface area (Å²) in [5.41, 5.74) is 0.589. The SMILES string of the molecule is COc1cc(Cl)cc(C=Nn2c(C(C)C)nc3ccc(Br)cc3c2=O)c1OCC(=O)Nc1ccccc1F. The molecular weight excluding hydrogens is 579 g/mol. The molecule has 0 spiro atoms. The van der Waals surface area contributed by atoms with E-state index in [0.29, 0.717) is 27.3 Å². The Labute approximate surface area is 231 Å². The van der Waals surface area contributed by atoms with E-state index in [1.54, 1.807) is 24.3 Å². The molecule has 1 amide bonds. The van der Waals surface area contributed by atoms with Crippen molar-refractivity contribution in [2.75, 3.05) is 19.0 Å². The van der Waals surface area contributed by atoms with Gasteiger partial charge in [0.1, 0.15) is 11.6 Å². The second-order valence-electron chi connectivity index (χ2n) is 8.49. The number of para-hydroxylation sites is 1. The Morgan fingerprint density at radius 3 is 2.71 bits per heavy atom. The third-order valence-electron chi connectivity index (χ3n) is 5.43. The number of amides is 1. The largest absolute Gasteiger partial charge is 0.493 e. The lowest BCUT2D eigenvalue weighted by Gasteiger charge is -2.15. The van der Waals surface area contributed by atoms with Crippen LogP contribution in [0.3, 0.4) is 0 Å². The van der Waals surface area contributed by atoms with Crippen LogP contribution in [0.5, 0.6) is 11.5 Å². The number of nitrogens with zero attached hydrogens (tertiary/aromatic N) is 3. The maximum atomic E-state index is 13.9. The molecule has 0 saturated carbocycles. The molecule has 1 aromatic heterocycles. The van der Waals surface area contributed by atoms with Gasteiger partial charge in [0, 0.05) is 27.0 Å². The van der Waals surface area contributed by atoms with Crippen molar-refractivity contribution in [1.82, 2.24) is 9.66 Å². The number of hydrogen-bond donors (Lipinski definition) is 1. The minimum absolute atomic E-state index is 0.0296. The molecule has 4 aromatic rings. The Morgan fingerprint density at radius 1 is 1.24 bits per heavy atom. The van der Waals surface area contributed by atoms with Crippen molar-refractivity contribution in [2.24, 2.45) is 5.10 Å². The predicted molar refractivity (Wildman–Crippen MR) is 149 cm³/mol. The van der Waals surface area contributed by atoms with Crippen molar-refractivity contribution in [3.63, 3.8) is 0 Å². The molecule has 0 radical (unpaired) electrons. The van der Waals surface area contributed by atoms with E-state index < -0.39 is 18.3 Å². The molecule has 0 atom stereocenters. The van der Waals surface area contributed by atoms with Gasteiger partial charge >= 0.3 is 0 Å². The van der Waals surface area contributed by atoms with Crippen molar-refractivity contribution >= 4 is 56.2 Å². The second kappa shape index (κ2) is 11.7.